The van der Waals surface area contributed by atoms with Crippen LogP contribution in [0.3, 0.4) is 0 Å². The average Bonchev–Trinajstić information content (AvgIpc) is 2.39. The summed E-state index contributed by atoms with van der Waals surface area (Å²) in [6.07, 6.45) is 3.97. The van der Waals surface area contributed by atoms with Gasteiger partial charge in [0.25, 0.3) is 0 Å². The van der Waals surface area contributed by atoms with Crippen LogP contribution in [0.2, 0.25) is 0 Å². The summed E-state index contributed by atoms with van der Waals surface area (Å²) < 4.78 is 12.5. The lowest BCUT2D eigenvalue weighted by Gasteiger charge is -2.06. The molecule has 1 aromatic carbocycles. The van der Waals surface area contributed by atoms with Crippen LogP contribution in [0.1, 0.15) is 0 Å². The van der Waals surface area contributed by atoms with E-state index in [9.17, 15) is 0 Å². The van der Waals surface area contributed by atoms with Gasteiger partial charge in [0.05, 0.1) is 20.3 Å². The molecule has 0 aliphatic carbocycles. The third-order valence-electron chi connectivity index (χ3n) is 2.38. The quantitative estimate of drug-likeness (QED) is 0.732. The molecule has 0 amide bonds. The highest BCUT2D eigenvalue weighted by molar-refractivity contribution is 5.45. The Morgan fingerprint density at radius 3 is 2.19 bits per heavy atom. The summed E-state index contributed by atoms with van der Waals surface area (Å²) in [5.41, 5.74) is 1.04. The van der Waals surface area contributed by atoms with Gasteiger partial charge in [-0.1, -0.05) is 6.07 Å². The molecule has 1 aromatic heterocycles. The minimum Gasteiger partial charge on any atom is -0.493 e. The normalized spacial score (nSPS) is 9.88. The molecule has 3 nitrogen and oxygen atoms in total. The molecular formula is C13H14NO2+. The van der Waals surface area contributed by atoms with Gasteiger partial charge in [-0.2, -0.15) is 4.57 Å². The third kappa shape index (κ3) is 1.98. The second-order valence-corrected chi connectivity index (χ2v) is 3.32. The Morgan fingerprint density at radius 1 is 0.875 bits per heavy atom. The van der Waals surface area contributed by atoms with E-state index in [4.69, 9.17) is 9.47 Å². The van der Waals surface area contributed by atoms with Crippen LogP contribution < -0.4 is 14.0 Å². The molecule has 82 valence electrons. The minimum atomic E-state index is 0.733. The van der Waals surface area contributed by atoms with Gasteiger partial charge in [-0.3, -0.25) is 0 Å². The van der Waals surface area contributed by atoms with Crippen LogP contribution >= 0.6 is 0 Å². The minimum absolute atomic E-state index is 0.733. The molecule has 2 rings (SSSR count). The standard InChI is InChI=1S/C13H14NO2/c1-15-12-7-6-11(10-13(12)16-2)14-8-4-3-5-9-14/h3-10H,1-2H3/q+1. The first kappa shape index (κ1) is 10.5. The molecule has 0 atom stereocenters. The monoisotopic (exact) mass is 216 g/mol. The highest BCUT2D eigenvalue weighted by atomic mass is 16.5. The van der Waals surface area contributed by atoms with Crippen LogP contribution in [-0.4, -0.2) is 14.2 Å². The summed E-state index contributed by atoms with van der Waals surface area (Å²) in [7, 11) is 3.27. The first-order chi connectivity index (χ1) is 7.85. The number of rotatable bonds is 3. The van der Waals surface area contributed by atoms with Crippen molar-refractivity contribution in [1.29, 1.82) is 0 Å². The molecule has 16 heavy (non-hydrogen) atoms. The maximum atomic E-state index is 5.26. The molecule has 0 aliphatic rings. The second-order valence-electron chi connectivity index (χ2n) is 3.32. The lowest BCUT2D eigenvalue weighted by molar-refractivity contribution is -0.595. The van der Waals surface area contributed by atoms with Gasteiger partial charge >= 0.3 is 0 Å². The Bertz CT molecular complexity index is 469. The second kappa shape index (κ2) is 4.66. The molecule has 0 N–H and O–H groups in total. The molecule has 0 unspecified atom stereocenters. The van der Waals surface area contributed by atoms with Crippen LogP contribution in [0.25, 0.3) is 5.69 Å². The third-order valence-corrected chi connectivity index (χ3v) is 2.38. The number of aromatic nitrogens is 1. The molecule has 0 radical (unpaired) electrons. The maximum absolute atomic E-state index is 5.26. The van der Waals surface area contributed by atoms with E-state index >= 15 is 0 Å². The van der Waals surface area contributed by atoms with Gasteiger partial charge in [-0.15, -0.1) is 0 Å². The predicted octanol–water partition coefficient (Wildman–Crippen LogP) is 1.98. The Balaban J connectivity index is 2.44. The summed E-state index contributed by atoms with van der Waals surface area (Å²) in [6, 6.07) is 11.8. The molecule has 0 aliphatic heterocycles. The Labute approximate surface area is 94.9 Å². The number of ether oxygens (including phenoxy) is 2. The van der Waals surface area contributed by atoms with Gasteiger partial charge in [0.1, 0.15) is 0 Å². The summed E-state index contributed by atoms with van der Waals surface area (Å²) in [4.78, 5) is 0. The fraction of sp³-hybridized carbons (Fsp3) is 0.154. The van der Waals surface area contributed by atoms with Crippen molar-refractivity contribution in [3.8, 4) is 17.2 Å². The Morgan fingerprint density at radius 2 is 1.56 bits per heavy atom. The molecule has 1 heterocycles. The lowest BCUT2D eigenvalue weighted by Crippen LogP contribution is -2.28. The first-order valence-corrected chi connectivity index (χ1v) is 5.04. The molecule has 2 aromatic rings. The van der Waals surface area contributed by atoms with Crippen molar-refractivity contribution in [3.05, 3.63) is 48.8 Å². The summed E-state index contributed by atoms with van der Waals surface area (Å²) in [5, 5.41) is 0. The topological polar surface area (TPSA) is 22.3 Å². The van der Waals surface area contributed by atoms with Gasteiger partial charge in [0.15, 0.2) is 23.9 Å². The molecule has 0 bridgehead atoms. The van der Waals surface area contributed by atoms with Crippen molar-refractivity contribution >= 4 is 0 Å². The lowest BCUT2D eigenvalue weighted by atomic mass is 10.2. The zero-order valence-corrected chi connectivity index (χ0v) is 9.38. The smallest absolute Gasteiger partial charge is 0.214 e. The number of hydrogen-bond acceptors (Lipinski definition) is 2. The highest BCUT2D eigenvalue weighted by Gasteiger charge is 2.10. The van der Waals surface area contributed by atoms with E-state index in [0.29, 0.717) is 0 Å². The van der Waals surface area contributed by atoms with Crippen LogP contribution in [0.5, 0.6) is 11.5 Å². The number of nitrogens with zero attached hydrogens (tertiary/aromatic N) is 1. The summed E-state index contributed by atoms with van der Waals surface area (Å²) >= 11 is 0. The molecule has 0 saturated heterocycles. The van der Waals surface area contributed by atoms with Crippen molar-refractivity contribution in [2.45, 2.75) is 0 Å². The van der Waals surface area contributed by atoms with Crippen molar-refractivity contribution in [1.82, 2.24) is 0 Å². The number of pyridine rings is 1. The number of methoxy groups -OCH3 is 2. The highest BCUT2D eigenvalue weighted by Crippen LogP contribution is 2.27. The van der Waals surface area contributed by atoms with Crippen LogP contribution in [0, 0.1) is 0 Å². The average molecular weight is 216 g/mol. The molecular weight excluding hydrogens is 202 g/mol. The fourth-order valence-corrected chi connectivity index (χ4v) is 1.56. The Hall–Kier alpha value is -2.03. The molecule has 0 fully saturated rings. The van der Waals surface area contributed by atoms with Crippen LogP contribution in [0.4, 0.5) is 0 Å². The van der Waals surface area contributed by atoms with E-state index in [1.54, 1.807) is 14.2 Å². The van der Waals surface area contributed by atoms with Crippen LogP contribution in [-0.2, 0) is 0 Å². The van der Waals surface area contributed by atoms with Gasteiger partial charge < -0.3 is 9.47 Å². The maximum Gasteiger partial charge on any atom is 0.214 e. The molecule has 0 saturated carbocycles. The SMILES string of the molecule is COc1ccc(-[n+]2ccccc2)cc1OC. The zero-order valence-electron chi connectivity index (χ0n) is 9.38. The van der Waals surface area contributed by atoms with E-state index in [1.165, 1.54) is 0 Å². The van der Waals surface area contributed by atoms with Crippen molar-refractivity contribution < 1.29 is 14.0 Å². The van der Waals surface area contributed by atoms with Crippen LogP contribution in [0.15, 0.2) is 48.8 Å². The van der Waals surface area contributed by atoms with Crippen molar-refractivity contribution in [2.75, 3.05) is 14.2 Å². The first-order valence-electron chi connectivity index (χ1n) is 5.04. The zero-order chi connectivity index (χ0) is 11.4. The van der Waals surface area contributed by atoms with E-state index in [0.717, 1.165) is 17.2 Å². The molecule has 3 heteroatoms. The largest absolute Gasteiger partial charge is 0.493 e. The fourth-order valence-electron chi connectivity index (χ4n) is 1.56. The summed E-state index contributed by atoms with van der Waals surface area (Å²) in [5.74, 6) is 1.47. The van der Waals surface area contributed by atoms with Crippen molar-refractivity contribution in [3.63, 3.8) is 0 Å². The van der Waals surface area contributed by atoms with Gasteiger partial charge in [0, 0.05) is 18.2 Å². The van der Waals surface area contributed by atoms with E-state index in [1.807, 2.05) is 53.4 Å². The van der Waals surface area contributed by atoms with Gasteiger partial charge in [0.2, 0.25) is 5.69 Å². The molecule has 0 spiro atoms. The number of hydrogen-bond donors (Lipinski definition) is 0. The van der Waals surface area contributed by atoms with E-state index in [-0.39, 0.29) is 0 Å². The van der Waals surface area contributed by atoms with Crippen molar-refractivity contribution in [2.24, 2.45) is 0 Å². The number of benzene rings is 1. The van der Waals surface area contributed by atoms with Gasteiger partial charge in [-0.05, 0) is 6.07 Å². The van der Waals surface area contributed by atoms with E-state index in [2.05, 4.69) is 0 Å². The predicted molar refractivity (Wildman–Crippen MR) is 61.1 cm³/mol. The Kier molecular flexibility index (Phi) is 3.05. The van der Waals surface area contributed by atoms with E-state index < -0.39 is 0 Å². The summed E-state index contributed by atoms with van der Waals surface area (Å²) in [6.45, 7) is 0. The van der Waals surface area contributed by atoms with Gasteiger partial charge in [-0.25, -0.2) is 0 Å².